The van der Waals surface area contributed by atoms with E-state index in [0.29, 0.717) is 23.8 Å². The lowest BCUT2D eigenvalue weighted by atomic mass is 9.94. The first-order valence-corrected chi connectivity index (χ1v) is 10.7. The van der Waals surface area contributed by atoms with Crippen molar-refractivity contribution in [1.29, 1.82) is 0 Å². The van der Waals surface area contributed by atoms with E-state index in [1.807, 2.05) is 18.2 Å². The van der Waals surface area contributed by atoms with Crippen LogP contribution < -0.4 is 10.1 Å². The number of hydrogen-bond donors (Lipinski definition) is 1. The first-order chi connectivity index (χ1) is 12.5. The lowest BCUT2D eigenvalue weighted by Gasteiger charge is -2.26. The Bertz CT molecular complexity index is 941. The number of benzene rings is 1. The molecule has 1 atom stereocenters. The van der Waals surface area contributed by atoms with E-state index in [1.165, 1.54) is 6.33 Å². The van der Waals surface area contributed by atoms with Crippen molar-refractivity contribution in [2.75, 3.05) is 17.7 Å². The third-order valence-corrected chi connectivity index (χ3v) is 6.98. The van der Waals surface area contributed by atoms with Gasteiger partial charge in [-0.05, 0) is 36.0 Å². The highest BCUT2D eigenvalue weighted by Crippen LogP contribution is 2.34. The van der Waals surface area contributed by atoms with Gasteiger partial charge in [0.1, 0.15) is 12.1 Å². The van der Waals surface area contributed by atoms with Crippen LogP contribution in [0.3, 0.4) is 0 Å². The van der Waals surface area contributed by atoms with Gasteiger partial charge in [-0.3, -0.25) is 0 Å². The van der Waals surface area contributed by atoms with Crippen molar-refractivity contribution >= 4 is 15.7 Å². The summed E-state index contributed by atoms with van der Waals surface area (Å²) in [6.07, 6.45) is 3.81. The molecular weight excluding hydrogens is 350 g/mol. The Hall–Kier alpha value is -2.15. The summed E-state index contributed by atoms with van der Waals surface area (Å²) < 4.78 is 30.5. The van der Waals surface area contributed by atoms with Gasteiger partial charge in [-0.25, -0.2) is 18.4 Å². The molecule has 2 aromatic rings. The number of rotatable bonds is 4. The molecule has 3 heterocycles. The van der Waals surface area contributed by atoms with Crippen LogP contribution in [-0.4, -0.2) is 30.7 Å². The zero-order valence-corrected chi connectivity index (χ0v) is 15.8. The van der Waals surface area contributed by atoms with E-state index < -0.39 is 9.84 Å². The van der Waals surface area contributed by atoms with E-state index in [2.05, 4.69) is 29.1 Å². The minimum absolute atomic E-state index is 0.0444. The lowest BCUT2D eigenvalue weighted by Crippen LogP contribution is -2.21. The molecule has 0 saturated heterocycles. The molecule has 0 amide bonds. The third kappa shape index (κ3) is 3.05. The van der Waals surface area contributed by atoms with Crippen molar-refractivity contribution in [3.63, 3.8) is 0 Å². The number of sulfone groups is 1. The van der Waals surface area contributed by atoms with E-state index in [0.717, 1.165) is 35.3 Å². The van der Waals surface area contributed by atoms with E-state index >= 15 is 0 Å². The molecular formula is C19H23N3O3S. The highest BCUT2D eigenvalue weighted by Gasteiger charge is 2.27. The Morgan fingerprint density at radius 3 is 2.85 bits per heavy atom. The quantitative estimate of drug-likeness (QED) is 0.887. The van der Waals surface area contributed by atoms with E-state index in [1.54, 1.807) is 0 Å². The molecule has 7 heteroatoms. The Balaban J connectivity index is 1.71. The molecule has 0 bridgehead atoms. The number of hydrogen-bond acceptors (Lipinski definition) is 6. The molecule has 2 aliphatic rings. The fourth-order valence-corrected chi connectivity index (χ4v) is 5.35. The molecule has 0 unspecified atom stereocenters. The lowest BCUT2D eigenvalue weighted by molar-refractivity contribution is 0.344. The van der Waals surface area contributed by atoms with Crippen molar-refractivity contribution in [1.82, 2.24) is 9.97 Å². The van der Waals surface area contributed by atoms with Crippen LogP contribution in [-0.2, 0) is 22.7 Å². The van der Waals surface area contributed by atoms with Crippen molar-refractivity contribution in [3.05, 3.63) is 41.2 Å². The summed E-state index contributed by atoms with van der Waals surface area (Å²) in [5.74, 6) is 1.90. The molecule has 0 fully saturated rings. The van der Waals surface area contributed by atoms with Gasteiger partial charge in [0.25, 0.3) is 0 Å². The molecule has 1 aromatic heterocycles. The van der Waals surface area contributed by atoms with Gasteiger partial charge in [-0.1, -0.05) is 26.0 Å². The second-order valence-corrected chi connectivity index (χ2v) is 9.34. The number of aryl methyl sites for hydroxylation is 1. The number of aromatic nitrogens is 2. The SMILES string of the molecule is CC(C)[C@H](Nc1ncnc2c1CCO2)c1ccc2c(c1)S(=O)(=O)CCC2. The maximum absolute atomic E-state index is 12.5. The van der Waals surface area contributed by atoms with Gasteiger partial charge in [0, 0.05) is 6.42 Å². The third-order valence-electron chi connectivity index (χ3n) is 5.10. The number of ether oxygens (including phenoxy) is 1. The summed E-state index contributed by atoms with van der Waals surface area (Å²) in [5, 5.41) is 3.50. The summed E-state index contributed by atoms with van der Waals surface area (Å²) >= 11 is 0. The second-order valence-electron chi connectivity index (χ2n) is 7.26. The van der Waals surface area contributed by atoms with Gasteiger partial charge < -0.3 is 10.1 Å². The first-order valence-electron chi connectivity index (χ1n) is 9.04. The van der Waals surface area contributed by atoms with Crippen LogP contribution in [0.5, 0.6) is 5.88 Å². The minimum Gasteiger partial charge on any atom is -0.477 e. The van der Waals surface area contributed by atoms with Gasteiger partial charge in [0.2, 0.25) is 5.88 Å². The monoisotopic (exact) mass is 373 g/mol. The van der Waals surface area contributed by atoms with Gasteiger partial charge in [-0.15, -0.1) is 0 Å². The van der Waals surface area contributed by atoms with Gasteiger partial charge in [-0.2, -0.15) is 0 Å². The van der Waals surface area contributed by atoms with Crippen LogP contribution in [0.15, 0.2) is 29.4 Å². The van der Waals surface area contributed by atoms with Crippen molar-refractivity contribution in [3.8, 4) is 5.88 Å². The average Bonchev–Trinajstić information content (AvgIpc) is 3.08. The van der Waals surface area contributed by atoms with Crippen LogP contribution >= 0.6 is 0 Å². The summed E-state index contributed by atoms with van der Waals surface area (Å²) in [5.41, 5.74) is 2.89. The largest absolute Gasteiger partial charge is 0.477 e. The molecule has 0 spiro atoms. The van der Waals surface area contributed by atoms with E-state index in [4.69, 9.17) is 4.74 Å². The normalized spacial score (nSPS) is 18.7. The van der Waals surface area contributed by atoms with Crippen LogP contribution in [0, 0.1) is 5.92 Å². The Morgan fingerprint density at radius 2 is 2.04 bits per heavy atom. The second kappa shape index (κ2) is 6.54. The highest BCUT2D eigenvalue weighted by atomic mass is 32.2. The number of fused-ring (bicyclic) bond motifs is 2. The summed E-state index contributed by atoms with van der Waals surface area (Å²) in [7, 11) is -3.18. The maximum atomic E-state index is 12.5. The predicted octanol–water partition coefficient (Wildman–Crippen LogP) is 2.94. The molecule has 2 aliphatic heterocycles. The highest BCUT2D eigenvalue weighted by molar-refractivity contribution is 7.91. The first kappa shape index (κ1) is 17.3. The molecule has 0 saturated carbocycles. The van der Waals surface area contributed by atoms with E-state index in [-0.39, 0.29) is 17.7 Å². The molecule has 138 valence electrons. The number of nitrogens with zero attached hydrogens (tertiary/aromatic N) is 2. The molecule has 6 nitrogen and oxygen atoms in total. The standard InChI is InChI=1S/C19H23N3O3S/c1-12(2)17(22-18-15-7-8-25-19(15)21-11-20-18)14-6-5-13-4-3-9-26(23,24)16(13)10-14/h5-6,10-12,17H,3-4,7-9H2,1-2H3,(H,20,21,22)/t17-/m0/s1. The summed E-state index contributed by atoms with van der Waals surface area (Å²) in [6, 6.07) is 5.80. The molecule has 1 aromatic carbocycles. The zero-order chi connectivity index (χ0) is 18.3. The molecule has 1 N–H and O–H groups in total. The Kier molecular flexibility index (Phi) is 4.34. The van der Waals surface area contributed by atoms with Crippen LogP contribution in [0.1, 0.15) is 43.0 Å². The molecule has 0 radical (unpaired) electrons. The number of anilines is 1. The van der Waals surface area contributed by atoms with Gasteiger partial charge >= 0.3 is 0 Å². The summed E-state index contributed by atoms with van der Waals surface area (Å²) in [4.78, 5) is 9.05. The van der Waals surface area contributed by atoms with Crippen LogP contribution in [0.25, 0.3) is 0 Å². The minimum atomic E-state index is -3.18. The van der Waals surface area contributed by atoms with Gasteiger partial charge in [0.15, 0.2) is 9.84 Å². The Labute approximate surface area is 153 Å². The maximum Gasteiger partial charge on any atom is 0.221 e. The fourth-order valence-electron chi connectivity index (χ4n) is 3.73. The Morgan fingerprint density at radius 1 is 1.19 bits per heavy atom. The van der Waals surface area contributed by atoms with Crippen molar-refractivity contribution in [2.45, 2.75) is 44.0 Å². The van der Waals surface area contributed by atoms with Gasteiger partial charge in [0.05, 0.1) is 28.9 Å². The number of nitrogens with one attached hydrogen (secondary N) is 1. The van der Waals surface area contributed by atoms with Crippen molar-refractivity contribution in [2.24, 2.45) is 5.92 Å². The smallest absolute Gasteiger partial charge is 0.221 e. The fraction of sp³-hybridized carbons (Fsp3) is 0.474. The molecule has 0 aliphatic carbocycles. The van der Waals surface area contributed by atoms with Crippen LogP contribution in [0.4, 0.5) is 5.82 Å². The van der Waals surface area contributed by atoms with Crippen molar-refractivity contribution < 1.29 is 13.2 Å². The molecule has 4 rings (SSSR count). The predicted molar refractivity (Wildman–Crippen MR) is 99.2 cm³/mol. The molecule has 26 heavy (non-hydrogen) atoms. The zero-order valence-electron chi connectivity index (χ0n) is 15.0. The summed E-state index contributed by atoms with van der Waals surface area (Å²) in [6.45, 7) is 4.85. The average molecular weight is 373 g/mol. The topological polar surface area (TPSA) is 81.2 Å². The van der Waals surface area contributed by atoms with Crippen LogP contribution in [0.2, 0.25) is 0 Å². The van der Waals surface area contributed by atoms with E-state index in [9.17, 15) is 8.42 Å².